The van der Waals surface area contributed by atoms with Gasteiger partial charge >= 0.3 is 0 Å². The van der Waals surface area contributed by atoms with Gasteiger partial charge in [-0.05, 0) is 13.1 Å². The third-order valence-electron chi connectivity index (χ3n) is 2.72. The van der Waals surface area contributed by atoms with Gasteiger partial charge in [-0.2, -0.15) is 0 Å². The van der Waals surface area contributed by atoms with Crippen LogP contribution in [0.25, 0.3) is 0 Å². The molecule has 4 nitrogen and oxygen atoms in total. The van der Waals surface area contributed by atoms with Gasteiger partial charge in [0.05, 0.1) is 10.7 Å². The summed E-state index contributed by atoms with van der Waals surface area (Å²) >= 11 is 5.96. The molecule has 0 spiro atoms. The molecule has 0 atom stereocenters. The van der Waals surface area contributed by atoms with Crippen LogP contribution in [0.1, 0.15) is 0 Å². The largest absolute Gasteiger partial charge is 0.395 e. The van der Waals surface area contributed by atoms with E-state index in [1.807, 2.05) is 0 Å². The van der Waals surface area contributed by atoms with Crippen molar-refractivity contribution in [2.45, 2.75) is 0 Å². The quantitative estimate of drug-likeness (QED) is 0.778. The van der Waals surface area contributed by atoms with E-state index < -0.39 is 0 Å². The molecule has 0 bridgehead atoms. The highest BCUT2D eigenvalue weighted by Gasteiger charge is 2.18. The molecule has 5 heteroatoms. The van der Waals surface area contributed by atoms with Gasteiger partial charge in [0, 0.05) is 32.4 Å². The molecule has 0 saturated carbocycles. The lowest BCUT2D eigenvalue weighted by molar-refractivity contribution is 0.312. The van der Waals surface area contributed by atoms with Crippen LogP contribution in [0.3, 0.4) is 0 Å². The van der Waals surface area contributed by atoms with Crippen LogP contribution < -0.4 is 10.6 Å². The number of aromatic nitrogens is 1. The minimum Gasteiger partial charge on any atom is -0.395 e. The lowest BCUT2D eigenvalue weighted by Crippen LogP contribution is -2.45. The van der Waals surface area contributed by atoms with E-state index >= 15 is 0 Å². The molecule has 1 aromatic rings. The summed E-state index contributed by atoms with van der Waals surface area (Å²) in [4.78, 5) is 8.76. The molecule has 1 aliphatic heterocycles. The van der Waals surface area contributed by atoms with E-state index in [2.05, 4.69) is 21.8 Å². The average molecular weight is 227 g/mol. The first-order valence-electron chi connectivity index (χ1n) is 5.02. The number of hydrogen-bond acceptors (Lipinski definition) is 4. The average Bonchev–Trinajstić information content (AvgIpc) is 2.24. The molecule has 15 heavy (non-hydrogen) atoms. The Hall–Kier alpha value is -1.00. The van der Waals surface area contributed by atoms with E-state index in [-0.39, 0.29) is 0 Å². The Kier molecular flexibility index (Phi) is 2.98. The van der Waals surface area contributed by atoms with Crippen molar-refractivity contribution in [1.29, 1.82) is 0 Å². The molecule has 0 unspecified atom stereocenters. The highest BCUT2D eigenvalue weighted by atomic mass is 35.5. The van der Waals surface area contributed by atoms with Crippen molar-refractivity contribution < 1.29 is 0 Å². The highest BCUT2D eigenvalue weighted by Crippen LogP contribution is 2.27. The van der Waals surface area contributed by atoms with Gasteiger partial charge in [-0.1, -0.05) is 11.6 Å². The van der Waals surface area contributed by atoms with Crippen LogP contribution in [0.15, 0.2) is 12.3 Å². The van der Waals surface area contributed by atoms with Gasteiger partial charge in [-0.15, -0.1) is 0 Å². The summed E-state index contributed by atoms with van der Waals surface area (Å²) in [6.07, 6.45) is 1.70. The van der Waals surface area contributed by atoms with Crippen LogP contribution in [0, 0.1) is 0 Å². The number of anilines is 2. The Morgan fingerprint density at radius 2 is 2.00 bits per heavy atom. The van der Waals surface area contributed by atoms with Crippen molar-refractivity contribution in [3.63, 3.8) is 0 Å². The van der Waals surface area contributed by atoms with Gasteiger partial charge < -0.3 is 15.5 Å². The van der Waals surface area contributed by atoms with Crippen molar-refractivity contribution in [1.82, 2.24) is 9.88 Å². The van der Waals surface area contributed by atoms with Gasteiger partial charge in [0.2, 0.25) is 0 Å². The summed E-state index contributed by atoms with van der Waals surface area (Å²) in [5.41, 5.74) is 6.49. The maximum atomic E-state index is 5.96. The number of halogens is 1. The Morgan fingerprint density at radius 3 is 2.67 bits per heavy atom. The van der Waals surface area contributed by atoms with E-state index in [9.17, 15) is 0 Å². The predicted octanol–water partition coefficient (Wildman–Crippen LogP) is 1.07. The third-order valence-corrected chi connectivity index (χ3v) is 3.05. The Bertz CT molecular complexity index is 347. The molecular formula is C10H15ClN4. The normalized spacial score (nSPS) is 18.1. The first-order valence-corrected chi connectivity index (χ1v) is 5.40. The van der Waals surface area contributed by atoms with E-state index in [0.717, 1.165) is 32.0 Å². The van der Waals surface area contributed by atoms with Crippen LogP contribution in [-0.2, 0) is 0 Å². The lowest BCUT2D eigenvalue weighted by atomic mass is 10.3. The number of hydrogen-bond donors (Lipinski definition) is 1. The predicted molar refractivity (Wildman–Crippen MR) is 63.4 cm³/mol. The fourth-order valence-electron chi connectivity index (χ4n) is 1.71. The number of rotatable bonds is 1. The van der Waals surface area contributed by atoms with Gasteiger partial charge in [-0.3, -0.25) is 0 Å². The van der Waals surface area contributed by atoms with Crippen molar-refractivity contribution in [2.24, 2.45) is 0 Å². The second kappa shape index (κ2) is 4.24. The smallest absolute Gasteiger partial charge is 0.153 e. The number of nitrogen functional groups attached to an aromatic ring is 1. The molecule has 0 aliphatic carbocycles. The second-order valence-electron chi connectivity index (χ2n) is 3.82. The van der Waals surface area contributed by atoms with E-state index in [0.29, 0.717) is 10.7 Å². The minimum absolute atomic E-state index is 0.582. The van der Waals surface area contributed by atoms with Crippen molar-refractivity contribution in [3.8, 4) is 0 Å². The van der Waals surface area contributed by atoms with Crippen LogP contribution in [0.2, 0.25) is 5.02 Å². The van der Waals surface area contributed by atoms with Gasteiger partial charge in [0.25, 0.3) is 0 Å². The molecule has 0 amide bonds. The zero-order chi connectivity index (χ0) is 10.8. The SMILES string of the molecule is CN1CCN(c2nccc(Cl)c2N)CC1. The summed E-state index contributed by atoms with van der Waals surface area (Å²) in [6, 6.07) is 1.72. The van der Waals surface area contributed by atoms with Crippen LogP contribution in [-0.4, -0.2) is 43.1 Å². The van der Waals surface area contributed by atoms with Crippen molar-refractivity contribution in [2.75, 3.05) is 43.9 Å². The number of nitrogens with two attached hydrogens (primary N) is 1. The monoisotopic (exact) mass is 226 g/mol. The third kappa shape index (κ3) is 2.16. The maximum Gasteiger partial charge on any atom is 0.153 e. The standard InChI is InChI=1S/C10H15ClN4/c1-14-4-6-15(7-5-14)10-9(12)8(11)2-3-13-10/h2-3H,4-7,12H2,1H3. The Balaban J connectivity index is 2.19. The number of piperazine rings is 1. The number of likely N-dealkylation sites (N-methyl/N-ethyl adjacent to an activating group) is 1. The molecule has 1 fully saturated rings. The molecule has 82 valence electrons. The highest BCUT2D eigenvalue weighted by molar-refractivity contribution is 6.33. The summed E-state index contributed by atoms with van der Waals surface area (Å²) in [6.45, 7) is 3.98. The van der Waals surface area contributed by atoms with Crippen molar-refractivity contribution >= 4 is 23.1 Å². The molecular weight excluding hydrogens is 212 g/mol. The first kappa shape index (κ1) is 10.5. The molecule has 0 radical (unpaired) electrons. The van der Waals surface area contributed by atoms with Gasteiger partial charge in [-0.25, -0.2) is 4.98 Å². The minimum atomic E-state index is 0.582. The first-order chi connectivity index (χ1) is 7.18. The van der Waals surface area contributed by atoms with Crippen molar-refractivity contribution in [3.05, 3.63) is 17.3 Å². The number of nitrogens with zero attached hydrogens (tertiary/aromatic N) is 3. The zero-order valence-electron chi connectivity index (χ0n) is 8.78. The van der Waals surface area contributed by atoms with E-state index in [1.54, 1.807) is 12.3 Å². The van der Waals surface area contributed by atoms with E-state index in [4.69, 9.17) is 17.3 Å². The van der Waals surface area contributed by atoms with Gasteiger partial charge in [0.15, 0.2) is 5.82 Å². The fourth-order valence-corrected chi connectivity index (χ4v) is 1.85. The summed E-state index contributed by atoms with van der Waals surface area (Å²) in [5, 5.41) is 0.582. The Labute approximate surface area is 94.6 Å². The summed E-state index contributed by atoms with van der Waals surface area (Å²) in [7, 11) is 2.12. The fraction of sp³-hybridized carbons (Fsp3) is 0.500. The Morgan fingerprint density at radius 1 is 1.33 bits per heavy atom. The zero-order valence-corrected chi connectivity index (χ0v) is 9.54. The molecule has 0 aromatic carbocycles. The van der Waals surface area contributed by atoms with Crippen LogP contribution in [0.5, 0.6) is 0 Å². The summed E-state index contributed by atoms with van der Waals surface area (Å²) in [5.74, 6) is 0.815. The molecule has 1 aromatic heterocycles. The second-order valence-corrected chi connectivity index (χ2v) is 4.23. The summed E-state index contributed by atoms with van der Waals surface area (Å²) < 4.78 is 0. The van der Waals surface area contributed by atoms with Crippen LogP contribution in [0.4, 0.5) is 11.5 Å². The molecule has 2 heterocycles. The lowest BCUT2D eigenvalue weighted by Gasteiger charge is -2.33. The maximum absolute atomic E-state index is 5.96. The van der Waals surface area contributed by atoms with Crippen LogP contribution >= 0.6 is 11.6 Å². The topological polar surface area (TPSA) is 45.4 Å². The van der Waals surface area contributed by atoms with Gasteiger partial charge in [0.1, 0.15) is 0 Å². The molecule has 2 rings (SSSR count). The van der Waals surface area contributed by atoms with E-state index in [1.165, 1.54) is 0 Å². The molecule has 2 N–H and O–H groups in total. The molecule has 1 saturated heterocycles. The molecule has 1 aliphatic rings. The number of pyridine rings is 1.